The van der Waals surface area contributed by atoms with Gasteiger partial charge in [-0.15, -0.1) is 0 Å². The van der Waals surface area contributed by atoms with E-state index < -0.39 is 0 Å². The molecule has 1 N–H and O–H groups in total. The largest absolute Gasteiger partial charge is 0.367 e. The molecule has 0 bridgehead atoms. The zero-order valence-electron chi connectivity index (χ0n) is 14.0. The van der Waals surface area contributed by atoms with Crippen LogP contribution < -0.4 is 5.32 Å². The van der Waals surface area contributed by atoms with Crippen LogP contribution in [0.1, 0.15) is 26.3 Å². The molecule has 0 aliphatic carbocycles. The lowest BCUT2D eigenvalue weighted by Crippen LogP contribution is -2.24. The number of hydrogen-bond acceptors (Lipinski definition) is 4. The van der Waals surface area contributed by atoms with Gasteiger partial charge in [-0.25, -0.2) is 4.39 Å². The number of rotatable bonds is 4. The minimum absolute atomic E-state index is 0.128. The van der Waals surface area contributed by atoms with Crippen LogP contribution in [-0.2, 0) is 0 Å². The molecule has 3 aromatic rings. The second kappa shape index (κ2) is 6.36. The fourth-order valence-electron chi connectivity index (χ4n) is 2.39. The predicted molar refractivity (Wildman–Crippen MR) is 93.8 cm³/mol. The van der Waals surface area contributed by atoms with Crippen LogP contribution in [0.2, 0.25) is 5.15 Å². The molecule has 0 saturated carbocycles. The average Bonchev–Trinajstić information content (AvgIpc) is 2.96. The summed E-state index contributed by atoms with van der Waals surface area (Å²) in [6.07, 6.45) is 1.40. The second-order valence-electron chi connectivity index (χ2n) is 6.26. The minimum atomic E-state index is -0.349. The average molecular weight is 348 g/mol. The maximum atomic E-state index is 14.6. The van der Waals surface area contributed by atoms with Gasteiger partial charge >= 0.3 is 0 Å². The first-order valence-corrected chi connectivity index (χ1v) is 8.18. The molecule has 0 radical (unpaired) electrons. The van der Waals surface area contributed by atoms with Gasteiger partial charge in [-0.1, -0.05) is 37.6 Å². The highest BCUT2D eigenvalue weighted by Crippen LogP contribution is 2.36. The van der Waals surface area contributed by atoms with E-state index in [1.807, 2.05) is 13.0 Å². The molecule has 7 heteroatoms. The van der Waals surface area contributed by atoms with Crippen LogP contribution in [0, 0.1) is 18.7 Å². The molecule has 1 atom stereocenters. The van der Waals surface area contributed by atoms with Gasteiger partial charge in [0.15, 0.2) is 0 Å². The molecule has 0 amide bonds. The van der Waals surface area contributed by atoms with E-state index in [1.165, 1.54) is 12.4 Å². The van der Waals surface area contributed by atoms with Gasteiger partial charge in [0.25, 0.3) is 5.78 Å². The monoisotopic (exact) mass is 347 g/mol. The Balaban J connectivity index is 2.27. The molecule has 126 valence electrons. The highest BCUT2D eigenvalue weighted by Gasteiger charge is 2.22. The first-order valence-electron chi connectivity index (χ1n) is 7.80. The third kappa shape index (κ3) is 2.94. The van der Waals surface area contributed by atoms with Crippen molar-refractivity contribution in [1.82, 2.24) is 19.6 Å². The van der Waals surface area contributed by atoms with Gasteiger partial charge in [0.05, 0.1) is 5.56 Å². The van der Waals surface area contributed by atoms with Gasteiger partial charge < -0.3 is 5.32 Å². The van der Waals surface area contributed by atoms with Crippen molar-refractivity contribution in [3.05, 3.63) is 41.1 Å². The summed E-state index contributed by atoms with van der Waals surface area (Å²) in [7, 11) is 0. The van der Waals surface area contributed by atoms with E-state index in [2.05, 4.69) is 41.2 Å². The second-order valence-corrected chi connectivity index (χ2v) is 6.62. The van der Waals surface area contributed by atoms with Gasteiger partial charge in [0, 0.05) is 11.6 Å². The Morgan fingerprint density at radius 2 is 2.00 bits per heavy atom. The third-order valence-corrected chi connectivity index (χ3v) is 4.41. The molecule has 0 aliphatic heterocycles. The number of aromatic nitrogens is 4. The fourth-order valence-corrected chi connectivity index (χ4v) is 2.66. The fraction of sp³-hybridized carbons (Fsp3) is 0.353. The minimum Gasteiger partial charge on any atom is -0.367 e. The van der Waals surface area contributed by atoms with E-state index in [0.29, 0.717) is 28.6 Å². The lowest BCUT2D eigenvalue weighted by Gasteiger charge is -2.22. The summed E-state index contributed by atoms with van der Waals surface area (Å²) in [4.78, 5) is 8.32. The normalized spacial score (nSPS) is 12.8. The summed E-state index contributed by atoms with van der Waals surface area (Å²) in [6, 6.07) is 5.16. The molecule has 2 aromatic heterocycles. The molecule has 0 fully saturated rings. The lowest BCUT2D eigenvalue weighted by molar-refractivity contribution is 0.556. The first-order chi connectivity index (χ1) is 11.4. The van der Waals surface area contributed by atoms with Crippen LogP contribution in [0.15, 0.2) is 24.5 Å². The summed E-state index contributed by atoms with van der Waals surface area (Å²) in [5.41, 5.74) is 1.71. The standard InChI is InChI=1S/C17H19ClFN5/c1-9(2)11(4)22-16-14(12-6-5-10(3)7-13(12)19)15(18)23-17-20-8-21-24(16)17/h5-9,11,22H,1-4H3/t11-/m1/s1. The van der Waals surface area contributed by atoms with E-state index in [9.17, 15) is 4.39 Å². The first kappa shape index (κ1) is 16.6. The van der Waals surface area contributed by atoms with Crippen LogP contribution >= 0.6 is 11.6 Å². The van der Waals surface area contributed by atoms with Gasteiger partial charge in [0.1, 0.15) is 23.1 Å². The molecular weight excluding hydrogens is 329 g/mol. The van der Waals surface area contributed by atoms with Crippen molar-refractivity contribution < 1.29 is 4.39 Å². The Morgan fingerprint density at radius 1 is 1.25 bits per heavy atom. The molecule has 0 saturated heterocycles. The molecule has 0 spiro atoms. The smallest absolute Gasteiger partial charge is 0.255 e. The van der Waals surface area contributed by atoms with Crippen molar-refractivity contribution >= 4 is 23.2 Å². The van der Waals surface area contributed by atoms with E-state index in [1.54, 1.807) is 10.6 Å². The lowest BCUT2D eigenvalue weighted by atomic mass is 10.0. The van der Waals surface area contributed by atoms with Crippen LogP contribution in [0.3, 0.4) is 0 Å². The van der Waals surface area contributed by atoms with E-state index in [0.717, 1.165) is 5.56 Å². The van der Waals surface area contributed by atoms with E-state index in [4.69, 9.17) is 11.6 Å². The van der Waals surface area contributed by atoms with Crippen LogP contribution in [0.5, 0.6) is 0 Å². The van der Waals surface area contributed by atoms with Crippen LogP contribution in [0.4, 0.5) is 10.2 Å². The summed E-state index contributed by atoms with van der Waals surface area (Å²) >= 11 is 6.38. The maximum absolute atomic E-state index is 14.6. The highest BCUT2D eigenvalue weighted by atomic mass is 35.5. The molecule has 0 unspecified atom stereocenters. The summed E-state index contributed by atoms with van der Waals surface area (Å²) in [5, 5.41) is 7.79. The Labute approximate surface area is 144 Å². The molecule has 3 rings (SSSR count). The van der Waals surface area contributed by atoms with Crippen molar-refractivity contribution in [3.8, 4) is 11.1 Å². The third-order valence-electron chi connectivity index (χ3n) is 4.14. The number of fused-ring (bicyclic) bond motifs is 1. The van der Waals surface area contributed by atoms with Crippen LogP contribution in [0.25, 0.3) is 16.9 Å². The molecule has 1 aromatic carbocycles. The number of benzene rings is 1. The predicted octanol–water partition coefficient (Wildman–Crippen LogP) is 4.35. The molecule has 24 heavy (non-hydrogen) atoms. The maximum Gasteiger partial charge on any atom is 0.255 e. The number of halogens is 2. The zero-order chi connectivity index (χ0) is 17.4. The van der Waals surface area contributed by atoms with Crippen molar-refractivity contribution in [2.75, 3.05) is 5.32 Å². The van der Waals surface area contributed by atoms with Crippen molar-refractivity contribution in [1.29, 1.82) is 0 Å². The number of anilines is 1. The molecule has 5 nitrogen and oxygen atoms in total. The zero-order valence-corrected chi connectivity index (χ0v) is 14.8. The van der Waals surface area contributed by atoms with Crippen LogP contribution in [-0.4, -0.2) is 25.6 Å². The quantitative estimate of drug-likeness (QED) is 0.713. The topological polar surface area (TPSA) is 55.1 Å². The van der Waals surface area contributed by atoms with E-state index >= 15 is 0 Å². The Bertz CT molecular complexity index is 890. The highest BCUT2D eigenvalue weighted by molar-refractivity contribution is 6.33. The van der Waals surface area contributed by atoms with Crippen molar-refractivity contribution in [3.63, 3.8) is 0 Å². The van der Waals surface area contributed by atoms with Gasteiger partial charge in [-0.3, -0.25) is 0 Å². The SMILES string of the molecule is Cc1ccc(-c2c(Cl)nc3ncnn3c2N[C@H](C)C(C)C)c(F)c1. The molecule has 0 aliphatic rings. The van der Waals surface area contributed by atoms with Gasteiger partial charge in [0.2, 0.25) is 0 Å². The van der Waals surface area contributed by atoms with Gasteiger partial charge in [-0.05, 0) is 31.4 Å². The number of aryl methyl sites for hydroxylation is 1. The summed E-state index contributed by atoms with van der Waals surface area (Å²) < 4.78 is 16.1. The summed E-state index contributed by atoms with van der Waals surface area (Å²) in [6.45, 7) is 8.10. The number of hydrogen-bond donors (Lipinski definition) is 1. The summed E-state index contributed by atoms with van der Waals surface area (Å²) in [5.74, 6) is 0.978. The Morgan fingerprint density at radius 3 is 2.67 bits per heavy atom. The Hall–Kier alpha value is -2.21. The molecule has 2 heterocycles. The Kier molecular flexibility index (Phi) is 4.41. The molecular formula is C17H19ClFN5. The number of nitrogens with zero attached hydrogens (tertiary/aromatic N) is 4. The van der Waals surface area contributed by atoms with E-state index in [-0.39, 0.29) is 17.0 Å². The van der Waals surface area contributed by atoms with Crippen molar-refractivity contribution in [2.45, 2.75) is 33.7 Å². The number of nitrogens with one attached hydrogen (secondary N) is 1. The van der Waals surface area contributed by atoms with Gasteiger partial charge in [-0.2, -0.15) is 19.6 Å². The van der Waals surface area contributed by atoms with Crippen molar-refractivity contribution in [2.24, 2.45) is 5.92 Å².